The molecule has 0 aromatic carbocycles. The second-order valence-corrected chi connectivity index (χ2v) is 5.34. The van der Waals surface area contributed by atoms with Crippen molar-refractivity contribution in [3.05, 3.63) is 21.9 Å². The van der Waals surface area contributed by atoms with E-state index in [0.717, 1.165) is 4.88 Å². The van der Waals surface area contributed by atoms with Gasteiger partial charge in [-0.15, -0.1) is 11.3 Å². The van der Waals surface area contributed by atoms with Crippen molar-refractivity contribution in [2.45, 2.75) is 33.0 Å². The third-order valence-electron chi connectivity index (χ3n) is 1.62. The Labute approximate surface area is 95.4 Å². The van der Waals surface area contributed by atoms with Crippen molar-refractivity contribution in [2.75, 3.05) is 6.54 Å². The van der Waals surface area contributed by atoms with Crippen LogP contribution in [0, 0.1) is 11.8 Å². The summed E-state index contributed by atoms with van der Waals surface area (Å²) in [4.78, 5) is 2.25. The Bertz CT molecular complexity index is 365. The molecule has 15 heavy (non-hydrogen) atoms. The molecule has 0 aliphatic rings. The molecule has 1 rings (SSSR count). The van der Waals surface area contributed by atoms with E-state index in [9.17, 15) is 0 Å². The first kappa shape index (κ1) is 12.3. The van der Waals surface area contributed by atoms with Crippen LogP contribution in [0.3, 0.4) is 0 Å². The van der Waals surface area contributed by atoms with Crippen molar-refractivity contribution in [2.24, 2.45) is 5.73 Å². The zero-order valence-electron chi connectivity index (χ0n) is 9.46. The monoisotopic (exact) mass is 223 g/mol. The van der Waals surface area contributed by atoms with Crippen LogP contribution in [0.25, 0.3) is 0 Å². The van der Waals surface area contributed by atoms with Crippen LogP contribution in [0.15, 0.2) is 12.1 Å². The summed E-state index contributed by atoms with van der Waals surface area (Å²) < 4.78 is 5.67. The maximum absolute atomic E-state index is 5.67. The number of nitrogens with two attached hydrogens (primary N) is 1. The van der Waals surface area contributed by atoms with E-state index in [-0.39, 0.29) is 5.60 Å². The summed E-state index contributed by atoms with van der Waals surface area (Å²) in [7, 11) is 0. The average molecular weight is 223 g/mol. The molecule has 0 atom stereocenters. The van der Waals surface area contributed by atoms with E-state index in [0.29, 0.717) is 13.2 Å². The lowest BCUT2D eigenvalue weighted by Crippen LogP contribution is -2.18. The molecule has 0 saturated heterocycles. The summed E-state index contributed by atoms with van der Waals surface area (Å²) >= 11 is 1.66. The molecule has 0 spiro atoms. The summed E-state index contributed by atoms with van der Waals surface area (Å²) in [5.74, 6) is 5.85. The summed E-state index contributed by atoms with van der Waals surface area (Å²) in [6, 6.07) is 4.06. The van der Waals surface area contributed by atoms with Crippen LogP contribution >= 0.6 is 11.3 Å². The fourth-order valence-electron chi connectivity index (χ4n) is 0.948. The summed E-state index contributed by atoms with van der Waals surface area (Å²) in [5, 5.41) is 0. The molecule has 0 bridgehead atoms. The van der Waals surface area contributed by atoms with Gasteiger partial charge in [-0.3, -0.25) is 0 Å². The van der Waals surface area contributed by atoms with Gasteiger partial charge >= 0.3 is 0 Å². The van der Waals surface area contributed by atoms with E-state index in [4.69, 9.17) is 10.5 Å². The van der Waals surface area contributed by atoms with Gasteiger partial charge in [0.25, 0.3) is 0 Å². The third-order valence-corrected chi connectivity index (χ3v) is 2.60. The number of hydrogen-bond donors (Lipinski definition) is 1. The van der Waals surface area contributed by atoms with Gasteiger partial charge < -0.3 is 10.5 Å². The van der Waals surface area contributed by atoms with Gasteiger partial charge in [-0.25, -0.2) is 0 Å². The molecular formula is C12H17NOS. The summed E-state index contributed by atoms with van der Waals surface area (Å²) in [5.41, 5.74) is 5.22. The van der Waals surface area contributed by atoms with Crippen LogP contribution in [-0.2, 0) is 11.3 Å². The van der Waals surface area contributed by atoms with Crippen LogP contribution in [0.1, 0.15) is 30.5 Å². The molecule has 0 aliphatic heterocycles. The Hall–Kier alpha value is -0.820. The molecule has 0 amide bonds. The largest absolute Gasteiger partial charge is 0.370 e. The second kappa shape index (κ2) is 5.32. The first-order chi connectivity index (χ1) is 7.01. The fourth-order valence-corrected chi connectivity index (χ4v) is 1.74. The minimum atomic E-state index is -0.0902. The molecule has 0 unspecified atom stereocenters. The van der Waals surface area contributed by atoms with Gasteiger partial charge in [0.1, 0.15) is 0 Å². The van der Waals surface area contributed by atoms with E-state index >= 15 is 0 Å². The normalized spacial score (nSPS) is 10.9. The highest BCUT2D eigenvalue weighted by Gasteiger charge is 2.10. The molecule has 1 aromatic rings. The average Bonchev–Trinajstić information content (AvgIpc) is 2.58. The number of ether oxygens (including phenoxy) is 1. The van der Waals surface area contributed by atoms with Crippen LogP contribution in [-0.4, -0.2) is 12.1 Å². The maximum atomic E-state index is 5.67. The predicted molar refractivity (Wildman–Crippen MR) is 64.8 cm³/mol. The topological polar surface area (TPSA) is 35.2 Å². The number of thiophene rings is 1. The molecule has 0 fully saturated rings. The van der Waals surface area contributed by atoms with Crippen LogP contribution in [0.4, 0.5) is 0 Å². The van der Waals surface area contributed by atoms with E-state index in [1.807, 2.05) is 6.07 Å². The standard InChI is InChI=1S/C12H17NOS/c1-12(2,3)14-9-11-7-6-10(15-11)5-4-8-13/h6-7H,8-9,13H2,1-3H3. The maximum Gasteiger partial charge on any atom is 0.0816 e. The van der Waals surface area contributed by atoms with Crippen LogP contribution in [0.5, 0.6) is 0 Å². The molecule has 82 valence electrons. The van der Waals surface area contributed by atoms with Crippen molar-refractivity contribution in [1.29, 1.82) is 0 Å². The molecule has 2 nitrogen and oxygen atoms in total. The molecule has 3 heteroatoms. The molecule has 1 heterocycles. The summed E-state index contributed by atoms with van der Waals surface area (Å²) in [6.45, 7) is 7.21. The lowest BCUT2D eigenvalue weighted by atomic mass is 10.2. The zero-order chi connectivity index (χ0) is 11.3. The third kappa shape index (κ3) is 4.98. The Morgan fingerprint density at radius 1 is 1.40 bits per heavy atom. The predicted octanol–water partition coefficient (Wildman–Crippen LogP) is 2.37. The van der Waals surface area contributed by atoms with Gasteiger partial charge in [-0.05, 0) is 32.9 Å². The first-order valence-electron chi connectivity index (χ1n) is 4.93. The van der Waals surface area contributed by atoms with E-state index in [1.54, 1.807) is 11.3 Å². The van der Waals surface area contributed by atoms with Gasteiger partial charge in [0.05, 0.1) is 23.6 Å². The molecule has 0 aliphatic carbocycles. The second-order valence-electron chi connectivity index (χ2n) is 4.17. The Morgan fingerprint density at radius 2 is 2.13 bits per heavy atom. The van der Waals surface area contributed by atoms with Gasteiger partial charge in [0.15, 0.2) is 0 Å². The van der Waals surface area contributed by atoms with E-state index < -0.39 is 0 Å². The van der Waals surface area contributed by atoms with E-state index in [2.05, 4.69) is 38.7 Å². The van der Waals surface area contributed by atoms with Gasteiger partial charge in [0, 0.05) is 4.88 Å². The molecule has 0 radical (unpaired) electrons. The highest BCUT2D eigenvalue weighted by Crippen LogP contribution is 2.19. The highest BCUT2D eigenvalue weighted by molar-refractivity contribution is 7.12. The van der Waals surface area contributed by atoms with Crippen molar-refractivity contribution in [3.63, 3.8) is 0 Å². The van der Waals surface area contributed by atoms with E-state index in [1.165, 1.54) is 4.88 Å². The molecule has 0 saturated carbocycles. The summed E-state index contributed by atoms with van der Waals surface area (Å²) in [6.07, 6.45) is 0. The highest BCUT2D eigenvalue weighted by atomic mass is 32.1. The first-order valence-corrected chi connectivity index (χ1v) is 5.74. The van der Waals surface area contributed by atoms with Gasteiger partial charge in [0.2, 0.25) is 0 Å². The lowest BCUT2D eigenvalue weighted by Gasteiger charge is -2.18. The Kier molecular flexibility index (Phi) is 4.34. The lowest BCUT2D eigenvalue weighted by molar-refractivity contribution is -0.0136. The quantitative estimate of drug-likeness (QED) is 0.781. The molecule has 1 aromatic heterocycles. The van der Waals surface area contributed by atoms with Crippen molar-refractivity contribution < 1.29 is 4.74 Å². The number of hydrogen-bond acceptors (Lipinski definition) is 3. The Morgan fingerprint density at radius 3 is 2.73 bits per heavy atom. The van der Waals surface area contributed by atoms with Gasteiger partial charge in [-0.1, -0.05) is 11.8 Å². The zero-order valence-corrected chi connectivity index (χ0v) is 10.3. The fraction of sp³-hybridized carbons (Fsp3) is 0.500. The van der Waals surface area contributed by atoms with Crippen molar-refractivity contribution >= 4 is 11.3 Å². The van der Waals surface area contributed by atoms with Crippen LogP contribution < -0.4 is 5.73 Å². The molecular weight excluding hydrogens is 206 g/mol. The number of rotatable bonds is 2. The SMILES string of the molecule is CC(C)(C)OCc1ccc(C#CCN)s1. The minimum absolute atomic E-state index is 0.0902. The minimum Gasteiger partial charge on any atom is -0.370 e. The van der Waals surface area contributed by atoms with Gasteiger partial charge in [-0.2, -0.15) is 0 Å². The van der Waals surface area contributed by atoms with Crippen molar-refractivity contribution in [3.8, 4) is 11.8 Å². The van der Waals surface area contributed by atoms with Crippen LogP contribution in [0.2, 0.25) is 0 Å². The van der Waals surface area contributed by atoms with Crippen molar-refractivity contribution in [1.82, 2.24) is 0 Å². The smallest absolute Gasteiger partial charge is 0.0816 e. The molecule has 2 N–H and O–H groups in total. The Balaban J connectivity index is 2.53.